The highest BCUT2D eigenvalue weighted by molar-refractivity contribution is 8.00. The number of hydrogen-bond acceptors (Lipinski definition) is 6. The summed E-state index contributed by atoms with van der Waals surface area (Å²) in [5.41, 5.74) is 22.3. The molecule has 11 aliphatic rings. The largest absolute Gasteiger partial charge is 0.369 e. The van der Waals surface area contributed by atoms with Gasteiger partial charge in [-0.3, -0.25) is 5.32 Å². The number of aryl methyl sites for hydroxylation is 1. The quantitative estimate of drug-likeness (QED) is 0.178. The van der Waals surface area contributed by atoms with Gasteiger partial charge < -0.3 is 18.8 Å². The molecule has 3 aromatic heterocycles. The summed E-state index contributed by atoms with van der Waals surface area (Å²) in [6.07, 6.45) is 43.4. The van der Waals surface area contributed by atoms with Crippen LogP contribution in [0.4, 0.5) is 0 Å². The molecular formula is C63H57N5OS2. The number of nitriles is 1. The van der Waals surface area contributed by atoms with E-state index in [4.69, 9.17) is 4.74 Å². The molecule has 8 unspecified atom stereocenters. The molecule has 352 valence electrons. The van der Waals surface area contributed by atoms with Crippen LogP contribution in [-0.2, 0) is 36.8 Å². The summed E-state index contributed by atoms with van der Waals surface area (Å²) in [6, 6.07) is 21.3. The number of thiophene rings is 1. The summed E-state index contributed by atoms with van der Waals surface area (Å²) in [5.74, 6) is 0.856. The van der Waals surface area contributed by atoms with Gasteiger partial charge in [0.05, 0.1) is 35.7 Å². The second-order valence-corrected chi connectivity index (χ2v) is 24.2. The molecule has 5 aromatic rings. The standard InChI is InChI=1S/C63H57N5OS2/c64-35-37-33-45(63-65-62(66(63)38-14-2-1-3-15-38)36-26-29-53-44(32-36)39-16-6-11-23-52(39)69-53)51(68-47-22-10-5-18-41(47)59-49(68)28-31-57-61(59)43-20-8-13-25-55(43)71-57)34-50(37)67-46-21-9-4-17-40(46)58-48(67)27-30-56-60(58)42-19-7-12-24-54(42)70-56/h1-2,6-14,16,19-22,24-26,34,44-45,52-53,57,61-63,65H,3-5,15,17-18,23,27-33H2. The Balaban J connectivity index is 0.888. The van der Waals surface area contributed by atoms with Crippen molar-refractivity contribution in [2.24, 2.45) is 11.8 Å². The van der Waals surface area contributed by atoms with Crippen LogP contribution in [-0.4, -0.2) is 43.8 Å². The molecule has 0 radical (unpaired) electrons. The van der Waals surface area contributed by atoms with Gasteiger partial charge in [0.15, 0.2) is 0 Å². The zero-order valence-corrected chi connectivity index (χ0v) is 41.7. The number of thioether (sulfide) groups is 1. The van der Waals surface area contributed by atoms with E-state index in [0.29, 0.717) is 23.5 Å². The third-order valence-corrected chi connectivity index (χ3v) is 21.0. The highest BCUT2D eigenvalue weighted by Gasteiger charge is 2.52. The normalized spacial score (nSPS) is 29.3. The van der Waals surface area contributed by atoms with Crippen molar-refractivity contribution in [3.8, 4) is 17.2 Å². The van der Waals surface area contributed by atoms with Crippen molar-refractivity contribution in [1.82, 2.24) is 19.4 Å². The summed E-state index contributed by atoms with van der Waals surface area (Å²) < 4.78 is 13.5. The number of allylic oxidation sites excluding steroid dienone is 11. The third-order valence-electron chi connectivity index (χ3n) is 18.4. The average Bonchev–Trinajstić information content (AvgIpc) is 4.23. The highest BCUT2D eigenvalue weighted by atomic mass is 32.2. The van der Waals surface area contributed by atoms with Crippen LogP contribution in [0.5, 0.6) is 0 Å². The number of ether oxygens (including phenoxy) is 1. The first-order valence-electron chi connectivity index (χ1n) is 26.8. The molecule has 16 rings (SSSR count). The van der Waals surface area contributed by atoms with Gasteiger partial charge in [-0.1, -0.05) is 85.0 Å². The Labute approximate surface area is 424 Å². The first-order chi connectivity index (χ1) is 35.2. The predicted octanol–water partition coefficient (Wildman–Crippen LogP) is 13.8. The van der Waals surface area contributed by atoms with E-state index in [-0.39, 0.29) is 30.5 Å². The zero-order valence-electron chi connectivity index (χ0n) is 40.1. The number of hydrogen-bond donors (Lipinski definition) is 1. The van der Waals surface area contributed by atoms with Crippen molar-refractivity contribution in [3.05, 3.63) is 182 Å². The maximum atomic E-state index is 11.7. The van der Waals surface area contributed by atoms with E-state index in [1.165, 1.54) is 87.4 Å². The molecule has 8 aliphatic carbocycles. The van der Waals surface area contributed by atoms with Crippen LogP contribution < -0.4 is 5.32 Å². The molecule has 0 saturated carbocycles. The minimum Gasteiger partial charge on any atom is -0.369 e. The first kappa shape index (κ1) is 41.8. The van der Waals surface area contributed by atoms with E-state index in [0.717, 1.165) is 94.7 Å². The van der Waals surface area contributed by atoms with E-state index in [1.807, 2.05) is 11.3 Å². The maximum Gasteiger partial charge on any atom is 0.104 e. The topological polar surface area (TPSA) is 58.1 Å². The van der Waals surface area contributed by atoms with E-state index in [2.05, 4.69) is 159 Å². The Morgan fingerprint density at radius 1 is 0.761 bits per heavy atom. The molecule has 6 heterocycles. The first-order valence-corrected chi connectivity index (χ1v) is 28.5. The number of aromatic nitrogens is 2. The predicted molar refractivity (Wildman–Crippen MR) is 290 cm³/mol. The van der Waals surface area contributed by atoms with Crippen molar-refractivity contribution in [2.45, 2.75) is 130 Å². The molecular weight excluding hydrogens is 907 g/mol. The minimum atomic E-state index is 0.0180. The molecule has 2 saturated heterocycles. The fourth-order valence-corrected chi connectivity index (χ4v) is 18.1. The van der Waals surface area contributed by atoms with Gasteiger partial charge in [-0.25, -0.2) is 0 Å². The van der Waals surface area contributed by atoms with Gasteiger partial charge in [0.2, 0.25) is 0 Å². The van der Waals surface area contributed by atoms with Crippen molar-refractivity contribution in [3.63, 3.8) is 0 Å². The smallest absolute Gasteiger partial charge is 0.104 e. The van der Waals surface area contributed by atoms with Crippen LogP contribution in [0.25, 0.3) is 44.8 Å². The van der Waals surface area contributed by atoms with Crippen molar-refractivity contribution < 1.29 is 4.74 Å². The van der Waals surface area contributed by atoms with Crippen molar-refractivity contribution in [1.29, 1.82) is 5.26 Å². The summed E-state index contributed by atoms with van der Waals surface area (Å²) in [7, 11) is 0. The number of nitrogens with zero attached hydrogens (tertiary/aromatic N) is 4. The second kappa shape index (κ2) is 16.1. The van der Waals surface area contributed by atoms with Crippen LogP contribution in [0, 0.1) is 23.2 Å². The minimum absolute atomic E-state index is 0.0180. The van der Waals surface area contributed by atoms with Crippen molar-refractivity contribution >= 4 is 56.7 Å². The summed E-state index contributed by atoms with van der Waals surface area (Å²) >= 11 is 4.10. The lowest BCUT2D eigenvalue weighted by atomic mass is 9.77. The van der Waals surface area contributed by atoms with Crippen LogP contribution >= 0.6 is 23.1 Å². The molecule has 6 nitrogen and oxygen atoms in total. The van der Waals surface area contributed by atoms with Crippen LogP contribution in [0.1, 0.15) is 114 Å². The Morgan fingerprint density at radius 2 is 1.61 bits per heavy atom. The Bertz CT molecular complexity index is 3510. The molecule has 8 atom stereocenters. The van der Waals surface area contributed by atoms with Gasteiger partial charge in [0.25, 0.3) is 0 Å². The van der Waals surface area contributed by atoms with Gasteiger partial charge in [-0.2, -0.15) is 5.26 Å². The van der Waals surface area contributed by atoms with Crippen LogP contribution in [0.2, 0.25) is 0 Å². The average molecular weight is 964 g/mol. The Kier molecular flexibility index (Phi) is 9.46. The summed E-state index contributed by atoms with van der Waals surface area (Å²) in [5, 5.41) is 18.0. The molecule has 0 spiro atoms. The summed E-state index contributed by atoms with van der Waals surface area (Å²) in [6.45, 7) is 0. The summed E-state index contributed by atoms with van der Waals surface area (Å²) in [4.78, 5) is 5.76. The maximum absolute atomic E-state index is 11.7. The van der Waals surface area contributed by atoms with Gasteiger partial charge in [0, 0.05) is 88.2 Å². The molecule has 0 bridgehead atoms. The van der Waals surface area contributed by atoms with E-state index >= 15 is 0 Å². The second-order valence-electron chi connectivity index (χ2n) is 21.8. The van der Waals surface area contributed by atoms with Gasteiger partial charge in [-0.05, 0) is 160 Å². The molecule has 8 heteroatoms. The molecule has 2 fully saturated rings. The van der Waals surface area contributed by atoms with Crippen LogP contribution in [0.15, 0.2) is 137 Å². The molecule has 1 N–H and O–H groups in total. The Hall–Kier alpha value is -5.82. The lowest BCUT2D eigenvalue weighted by Crippen LogP contribution is -2.72. The monoisotopic (exact) mass is 963 g/mol. The van der Waals surface area contributed by atoms with Gasteiger partial charge in [-0.15, -0.1) is 23.1 Å². The lowest BCUT2D eigenvalue weighted by molar-refractivity contribution is -0.00761. The number of benzene rings is 2. The van der Waals surface area contributed by atoms with Crippen molar-refractivity contribution in [2.75, 3.05) is 0 Å². The number of nitrogens with one attached hydrogen (secondary N) is 1. The fourth-order valence-electron chi connectivity index (χ4n) is 15.4. The van der Waals surface area contributed by atoms with E-state index in [9.17, 15) is 5.26 Å². The molecule has 2 aromatic carbocycles. The molecule has 3 aliphatic heterocycles. The number of rotatable bonds is 5. The fraction of sp³-hybridized carbons (Fsp3) is 0.349. The lowest BCUT2D eigenvalue weighted by Gasteiger charge is -2.57. The molecule has 0 amide bonds. The third kappa shape index (κ3) is 6.07. The van der Waals surface area contributed by atoms with Gasteiger partial charge in [0.1, 0.15) is 6.17 Å². The molecule has 71 heavy (non-hydrogen) atoms. The Morgan fingerprint density at radius 3 is 2.51 bits per heavy atom. The van der Waals surface area contributed by atoms with Gasteiger partial charge >= 0.3 is 0 Å². The SMILES string of the molecule is N#CC1=C(n2c3c(c4c2CCc2sc5ccccc5c2-4)CCC=C3)C=C(n2c3c(c4c2CCC2Sc5ccccc5C42)CCC=C3)C(C2NC(C3=CCC4OC5CC=CC=C5C4C3)N2C2=CC=CCC2)C1. The van der Waals surface area contributed by atoms with E-state index < -0.39 is 0 Å². The van der Waals surface area contributed by atoms with E-state index in [1.54, 1.807) is 11.1 Å². The zero-order chi connectivity index (χ0) is 46.5. The van der Waals surface area contributed by atoms with Crippen LogP contribution in [0.3, 0.4) is 0 Å². The highest BCUT2D eigenvalue weighted by Crippen LogP contribution is 2.58. The number of fused-ring (bicyclic) bond motifs is 17.